The summed E-state index contributed by atoms with van der Waals surface area (Å²) in [6, 6.07) is 9.73. The second-order valence-corrected chi connectivity index (χ2v) is 6.62. The summed E-state index contributed by atoms with van der Waals surface area (Å²) in [6.45, 7) is 7.88. The minimum absolute atomic E-state index is 0.633. The molecule has 0 aliphatic heterocycles. The molecule has 0 heterocycles. The zero-order valence-electron chi connectivity index (χ0n) is 13.1. The summed E-state index contributed by atoms with van der Waals surface area (Å²) >= 11 is 2.66. The Labute approximate surface area is 139 Å². The monoisotopic (exact) mass is 336 g/mol. The lowest BCUT2D eigenvalue weighted by molar-refractivity contribution is 0.547. The third kappa shape index (κ3) is 4.25. The summed E-state index contributed by atoms with van der Waals surface area (Å²) < 4.78 is 17.5. The lowest BCUT2D eigenvalue weighted by Crippen LogP contribution is -2.28. The Morgan fingerprint density at radius 1 is 1.00 bits per heavy atom. The molecule has 2 N–H and O–H groups in total. The minimum Gasteiger partial charge on any atom is -0.387 e. The van der Waals surface area contributed by atoms with Crippen LogP contribution in [-0.4, -0.2) is 4.21 Å². The summed E-state index contributed by atoms with van der Waals surface area (Å²) in [7, 11) is 0. The molecule has 118 valence electrons. The van der Waals surface area contributed by atoms with Gasteiger partial charge in [-0.2, -0.15) is 4.21 Å². The lowest BCUT2D eigenvalue weighted by atomic mass is 10.1. The highest BCUT2D eigenvalue weighted by Crippen LogP contribution is 2.25. The second kappa shape index (κ2) is 7.17. The summed E-state index contributed by atoms with van der Waals surface area (Å²) in [6.07, 6.45) is 0. The maximum Gasteiger partial charge on any atom is 0.306 e. The fourth-order valence-corrected chi connectivity index (χ4v) is 3.22. The van der Waals surface area contributed by atoms with Crippen molar-refractivity contribution in [2.45, 2.75) is 32.6 Å². The second-order valence-electron chi connectivity index (χ2n) is 5.29. The zero-order valence-corrected chi connectivity index (χ0v) is 14.8. The van der Waals surface area contributed by atoms with Crippen molar-refractivity contribution < 1.29 is 8.39 Å². The van der Waals surface area contributed by atoms with E-state index in [1.165, 1.54) is 0 Å². The molecule has 0 bridgehead atoms. The van der Waals surface area contributed by atoms with Crippen molar-refractivity contribution in [2.75, 3.05) is 5.43 Å². The first-order valence-corrected chi connectivity index (χ1v) is 8.38. The van der Waals surface area contributed by atoms with E-state index >= 15 is 0 Å². The van der Waals surface area contributed by atoms with Crippen LogP contribution in [0, 0.1) is 27.7 Å². The Morgan fingerprint density at radius 2 is 1.64 bits per heavy atom. The van der Waals surface area contributed by atoms with E-state index < -0.39 is 11.3 Å². The molecule has 0 saturated heterocycles. The molecule has 0 amide bonds. The number of nitrogens with one attached hydrogen (secondary N) is 2. The maximum absolute atomic E-state index is 12.0. The van der Waals surface area contributed by atoms with Gasteiger partial charge in [-0.3, -0.25) is 0 Å². The van der Waals surface area contributed by atoms with Gasteiger partial charge in [-0.15, -0.1) is 17.5 Å². The molecule has 0 saturated carbocycles. The highest BCUT2D eigenvalue weighted by atomic mass is 32.2. The third-order valence-electron chi connectivity index (χ3n) is 3.19. The highest BCUT2D eigenvalue weighted by molar-refractivity contribution is 7.80. The van der Waals surface area contributed by atoms with E-state index in [1.54, 1.807) is 0 Å². The molecule has 0 fully saturated rings. The first-order chi connectivity index (χ1) is 10.4. The molecule has 0 aliphatic carbocycles. The van der Waals surface area contributed by atoms with E-state index in [2.05, 4.69) is 22.9 Å². The predicted octanol–water partition coefficient (Wildman–Crippen LogP) is 3.78. The number of aryl methyl sites for hydroxylation is 4. The van der Waals surface area contributed by atoms with Crippen LogP contribution in [0.1, 0.15) is 22.3 Å². The van der Waals surface area contributed by atoms with Crippen LogP contribution in [0.5, 0.6) is 5.75 Å². The number of rotatable bonds is 5. The summed E-state index contributed by atoms with van der Waals surface area (Å²) in [5.74, 6) is 0.633. The van der Waals surface area contributed by atoms with Crippen LogP contribution in [-0.2, 0) is 11.3 Å². The smallest absolute Gasteiger partial charge is 0.306 e. The summed E-state index contributed by atoms with van der Waals surface area (Å²) in [4.78, 5) is 3.40. The van der Waals surface area contributed by atoms with E-state index in [1.807, 2.05) is 58.0 Å². The normalized spacial score (nSPS) is 12.0. The van der Waals surface area contributed by atoms with Crippen LogP contribution >= 0.6 is 12.6 Å². The van der Waals surface area contributed by atoms with Crippen molar-refractivity contribution in [3.8, 4) is 5.75 Å². The molecule has 2 aromatic carbocycles. The van der Waals surface area contributed by atoms with Crippen LogP contribution in [0.25, 0.3) is 0 Å². The first-order valence-electron chi connectivity index (χ1n) is 6.86. The molecule has 4 nitrogen and oxygen atoms in total. The van der Waals surface area contributed by atoms with Gasteiger partial charge in [-0.25, -0.2) is 0 Å². The maximum atomic E-state index is 12.0. The molecule has 22 heavy (non-hydrogen) atoms. The molecule has 1 unspecified atom stereocenters. The Balaban J connectivity index is 2.02. The van der Waals surface area contributed by atoms with Gasteiger partial charge < -0.3 is 9.61 Å². The van der Waals surface area contributed by atoms with Crippen molar-refractivity contribution >= 4 is 29.6 Å². The number of anilines is 1. The fourth-order valence-electron chi connectivity index (χ4n) is 2.24. The van der Waals surface area contributed by atoms with E-state index in [0.29, 0.717) is 5.75 Å². The van der Waals surface area contributed by atoms with Crippen LogP contribution in [0.15, 0.2) is 35.2 Å². The summed E-state index contributed by atoms with van der Waals surface area (Å²) in [5.41, 5.74) is 7.77. The van der Waals surface area contributed by atoms with Gasteiger partial charge in [0.15, 0.2) is 0 Å². The molecular weight excluding hydrogens is 316 g/mol. The van der Waals surface area contributed by atoms with Crippen LogP contribution in [0.3, 0.4) is 0 Å². The quantitative estimate of drug-likeness (QED) is 0.575. The number of hydrogen-bond donors (Lipinski definition) is 3. The van der Waals surface area contributed by atoms with Gasteiger partial charge in [0, 0.05) is 4.90 Å². The van der Waals surface area contributed by atoms with Crippen LogP contribution < -0.4 is 14.4 Å². The van der Waals surface area contributed by atoms with Gasteiger partial charge in [0.25, 0.3) is 0 Å². The molecule has 0 radical (unpaired) electrons. The number of benzene rings is 2. The van der Waals surface area contributed by atoms with Crippen molar-refractivity contribution in [3.05, 3.63) is 52.6 Å². The Kier molecular flexibility index (Phi) is 5.50. The number of hydrogen-bond acceptors (Lipinski definition) is 4. The van der Waals surface area contributed by atoms with E-state index in [-0.39, 0.29) is 0 Å². The van der Waals surface area contributed by atoms with Crippen molar-refractivity contribution in [1.82, 2.24) is 4.83 Å². The van der Waals surface area contributed by atoms with Gasteiger partial charge in [-0.1, -0.05) is 23.8 Å². The van der Waals surface area contributed by atoms with E-state index in [4.69, 9.17) is 4.18 Å². The Bertz CT molecular complexity index is 694. The van der Waals surface area contributed by atoms with Crippen LogP contribution in [0.4, 0.5) is 5.69 Å². The van der Waals surface area contributed by atoms with Crippen molar-refractivity contribution in [3.63, 3.8) is 0 Å². The van der Waals surface area contributed by atoms with Gasteiger partial charge in [0.1, 0.15) is 5.75 Å². The average Bonchev–Trinajstić information content (AvgIpc) is 2.42. The topological polar surface area (TPSA) is 50.4 Å². The molecule has 6 heteroatoms. The Morgan fingerprint density at radius 3 is 2.23 bits per heavy atom. The molecule has 2 aromatic rings. The van der Waals surface area contributed by atoms with Gasteiger partial charge in [-0.05, 0) is 56.5 Å². The van der Waals surface area contributed by atoms with Gasteiger partial charge >= 0.3 is 11.3 Å². The SMILES string of the molecule is Cc1cc(C)c(OS(=O)NNc2ccc(C)cc2S)c(C)c1. The lowest BCUT2D eigenvalue weighted by Gasteiger charge is -2.14. The van der Waals surface area contributed by atoms with E-state index in [9.17, 15) is 4.21 Å². The van der Waals surface area contributed by atoms with Crippen molar-refractivity contribution in [1.29, 1.82) is 0 Å². The van der Waals surface area contributed by atoms with Crippen molar-refractivity contribution in [2.24, 2.45) is 0 Å². The average molecular weight is 336 g/mol. The van der Waals surface area contributed by atoms with Crippen LogP contribution in [0.2, 0.25) is 0 Å². The standard InChI is InChI=1S/C16H20N2O2S2/c1-10-5-6-14(15(21)9-10)17-18-22(19)20-16-12(3)7-11(2)8-13(16)4/h5-9,17-18,21H,1-4H3. The molecule has 1 atom stereocenters. The third-order valence-corrected chi connectivity index (χ3v) is 4.14. The zero-order chi connectivity index (χ0) is 16.3. The molecule has 0 aromatic heterocycles. The first kappa shape index (κ1) is 16.9. The van der Waals surface area contributed by atoms with E-state index in [0.717, 1.165) is 32.8 Å². The molecule has 0 aliphatic rings. The molecule has 0 spiro atoms. The molecule has 2 rings (SSSR count). The minimum atomic E-state index is -1.71. The van der Waals surface area contributed by atoms with Gasteiger partial charge in [0.05, 0.1) is 5.69 Å². The number of thiol groups is 1. The van der Waals surface area contributed by atoms with Gasteiger partial charge in [0.2, 0.25) is 0 Å². The molecular formula is C16H20N2O2S2. The fraction of sp³-hybridized carbons (Fsp3) is 0.250. The predicted molar refractivity (Wildman–Crippen MR) is 94.6 cm³/mol. The highest BCUT2D eigenvalue weighted by Gasteiger charge is 2.10. The number of hydrazine groups is 1. The largest absolute Gasteiger partial charge is 0.387 e. The summed E-state index contributed by atoms with van der Waals surface area (Å²) in [5, 5.41) is 0. The Hall–Kier alpha value is -1.50.